The second-order valence-electron chi connectivity index (χ2n) is 4.98. The summed E-state index contributed by atoms with van der Waals surface area (Å²) in [4.78, 5) is 0. The summed E-state index contributed by atoms with van der Waals surface area (Å²) >= 11 is 0. The molecule has 18 heavy (non-hydrogen) atoms. The third-order valence-corrected chi connectivity index (χ3v) is 3.12. The Balaban J connectivity index is 2.23. The monoisotopic (exact) mass is 240 g/mol. The molecule has 0 aromatic heterocycles. The molecule has 2 aromatic rings. The minimum Gasteiger partial charge on any atom is -0.398 e. The third kappa shape index (κ3) is 2.83. The number of nitrogens with two attached hydrogens (primary N) is 1. The summed E-state index contributed by atoms with van der Waals surface area (Å²) in [5.74, 6) is 0.537. The van der Waals surface area contributed by atoms with Crippen LogP contribution in [0.2, 0.25) is 0 Å². The maximum Gasteiger partial charge on any atom is 0.0405 e. The molecule has 0 unspecified atom stereocenters. The van der Waals surface area contributed by atoms with Crippen molar-refractivity contribution in [1.29, 1.82) is 0 Å². The van der Waals surface area contributed by atoms with Gasteiger partial charge in [0, 0.05) is 17.1 Å². The predicted octanol–water partition coefficient (Wildman–Crippen LogP) is 4.44. The van der Waals surface area contributed by atoms with Gasteiger partial charge in [-0.05, 0) is 48.2 Å². The van der Waals surface area contributed by atoms with Crippen LogP contribution in [-0.4, -0.2) is 0 Å². The van der Waals surface area contributed by atoms with E-state index >= 15 is 0 Å². The van der Waals surface area contributed by atoms with Crippen molar-refractivity contribution in [3.63, 3.8) is 0 Å². The molecule has 94 valence electrons. The van der Waals surface area contributed by atoms with E-state index in [1.54, 1.807) is 0 Å². The molecule has 0 aliphatic carbocycles. The molecule has 0 saturated carbocycles. The summed E-state index contributed by atoms with van der Waals surface area (Å²) in [7, 11) is 0. The van der Waals surface area contributed by atoms with Gasteiger partial charge in [-0.1, -0.05) is 32.0 Å². The first-order chi connectivity index (χ1) is 8.56. The lowest BCUT2D eigenvalue weighted by Gasteiger charge is -2.11. The minimum absolute atomic E-state index is 0.537. The Morgan fingerprint density at radius 2 is 1.72 bits per heavy atom. The van der Waals surface area contributed by atoms with E-state index < -0.39 is 0 Å². The number of hydrogen-bond acceptors (Lipinski definition) is 2. The van der Waals surface area contributed by atoms with Crippen molar-refractivity contribution in [2.75, 3.05) is 11.1 Å². The summed E-state index contributed by atoms with van der Waals surface area (Å²) in [5, 5.41) is 3.39. The fourth-order valence-electron chi connectivity index (χ4n) is 1.86. The van der Waals surface area contributed by atoms with Gasteiger partial charge in [0.05, 0.1) is 0 Å². The number of hydrogen-bond donors (Lipinski definition) is 2. The second kappa shape index (κ2) is 5.13. The Labute approximate surface area is 109 Å². The van der Waals surface area contributed by atoms with Gasteiger partial charge in [0.25, 0.3) is 0 Å². The quantitative estimate of drug-likeness (QED) is 0.778. The van der Waals surface area contributed by atoms with Crippen molar-refractivity contribution in [2.24, 2.45) is 0 Å². The molecule has 0 radical (unpaired) electrons. The van der Waals surface area contributed by atoms with Crippen LogP contribution in [0.25, 0.3) is 0 Å². The van der Waals surface area contributed by atoms with Gasteiger partial charge in [0.2, 0.25) is 0 Å². The van der Waals surface area contributed by atoms with Crippen molar-refractivity contribution in [3.05, 3.63) is 53.6 Å². The van der Waals surface area contributed by atoms with Gasteiger partial charge in [0.15, 0.2) is 0 Å². The van der Waals surface area contributed by atoms with Crippen molar-refractivity contribution in [1.82, 2.24) is 0 Å². The number of rotatable bonds is 3. The molecule has 0 amide bonds. The predicted molar refractivity (Wildman–Crippen MR) is 79.4 cm³/mol. The first-order valence-electron chi connectivity index (χ1n) is 6.29. The van der Waals surface area contributed by atoms with Crippen LogP contribution in [0.5, 0.6) is 0 Å². The fourth-order valence-corrected chi connectivity index (χ4v) is 1.86. The molecular formula is C16H20N2. The summed E-state index contributed by atoms with van der Waals surface area (Å²) in [5.41, 5.74) is 11.3. The van der Waals surface area contributed by atoms with Crippen molar-refractivity contribution in [3.8, 4) is 0 Å². The standard InChI is InChI=1S/C16H20N2/c1-11(2)13-5-4-6-14(9-13)18-15-8-7-12(3)16(17)10-15/h4-11,18H,17H2,1-3H3. The zero-order valence-electron chi connectivity index (χ0n) is 11.2. The summed E-state index contributed by atoms with van der Waals surface area (Å²) < 4.78 is 0. The number of nitrogen functional groups attached to an aromatic ring is 1. The highest BCUT2D eigenvalue weighted by Gasteiger charge is 2.01. The van der Waals surface area contributed by atoms with Crippen molar-refractivity contribution in [2.45, 2.75) is 26.7 Å². The smallest absolute Gasteiger partial charge is 0.0405 e. The van der Waals surface area contributed by atoms with Gasteiger partial charge < -0.3 is 11.1 Å². The molecule has 0 heterocycles. The summed E-state index contributed by atoms with van der Waals surface area (Å²) in [6, 6.07) is 14.5. The molecule has 0 saturated heterocycles. The van der Waals surface area contributed by atoms with E-state index in [4.69, 9.17) is 5.73 Å². The average Bonchev–Trinajstić information content (AvgIpc) is 2.34. The molecule has 2 rings (SSSR count). The van der Waals surface area contributed by atoms with Gasteiger partial charge in [-0.15, -0.1) is 0 Å². The highest BCUT2D eigenvalue weighted by Crippen LogP contribution is 2.24. The van der Waals surface area contributed by atoms with E-state index in [-0.39, 0.29) is 0 Å². The number of aryl methyl sites for hydroxylation is 1. The number of benzene rings is 2. The Morgan fingerprint density at radius 3 is 2.39 bits per heavy atom. The Hall–Kier alpha value is -1.96. The van der Waals surface area contributed by atoms with Gasteiger partial charge in [-0.25, -0.2) is 0 Å². The van der Waals surface area contributed by atoms with Crippen LogP contribution in [-0.2, 0) is 0 Å². The van der Waals surface area contributed by atoms with E-state index in [0.717, 1.165) is 22.6 Å². The van der Waals surface area contributed by atoms with Crippen molar-refractivity contribution < 1.29 is 0 Å². The topological polar surface area (TPSA) is 38.0 Å². The SMILES string of the molecule is Cc1ccc(Nc2cccc(C(C)C)c2)cc1N. The zero-order chi connectivity index (χ0) is 13.1. The lowest BCUT2D eigenvalue weighted by molar-refractivity contribution is 0.867. The molecule has 0 atom stereocenters. The molecule has 2 nitrogen and oxygen atoms in total. The second-order valence-corrected chi connectivity index (χ2v) is 4.98. The van der Waals surface area contributed by atoms with Crippen LogP contribution in [0, 0.1) is 6.92 Å². The molecule has 0 bridgehead atoms. The normalized spacial score (nSPS) is 10.7. The van der Waals surface area contributed by atoms with Crippen LogP contribution in [0.1, 0.15) is 30.9 Å². The first kappa shape index (κ1) is 12.5. The summed E-state index contributed by atoms with van der Waals surface area (Å²) in [6.07, 6.45) is 0. The average molecular weight is 240 g/mol. The van der Waals surface area contributed by atoms with Gasteiger partial charge >= 0.3 is 0 Å². The van der Waals surface area contributed by atoms with E-state index in [0.29, 0.717) is 5.92 Å². The molecule has 3 N–H and O–H groups in total. The fraction of sp³-hybridized carbons (Fsp3) is 0.250. The van der Waals surface area contributed by atoms with Gasteiger partial charge in [-0.3, -0.25) is 0 Å². The van der Waals surface area contributed by atoms with Crippen LogP contribution >= 0.6 is 0 Å². The van der Waals surface area contributed by atoms with Crippen LogP contribution < -0.4 is 11.1 Å². The molecule has 0 aliphatic rings. The van der Waals surface area contributed by atoms with E-state index in [1.807, 2.05) is 25.1 Å². The lowest BCUT2D eigenvalue weighted by atomic mass is 10.0. The number of anilines is 3. The van der Waals surface area contributed by atoms with E-state index in [2.05, 4.69) is 43.4 Å². The molecule has 0 aliphatic heterocycles. The Bertz CT molecular complexity index is 545. The first-order valence-corrected chi connectivity index (χ1v) is 6.29. The molecule has 0 spiro atoms. The Morgan fingerprint density at radius 1 is 1.00 bits per heavy atom. The maximum atomic E-state index is 5.91. The van der Waals surface area contributed by atoms with Crippen molar-refractivity contribution >= 4 is 17.1 Å². The highest BCUT2D eigenvalue weighted by atomic mass is 14.9. The zero-order valence-corrected chi connectivity index (χ0v) is 11.2. The molecule has 2 aromatic carbocycles. The third-order valence-electron chi connectivity index (χ3n) is 3.12. The van der Waals surface area contributed by atoms with Gasteiger partial charge in [0.1, 0.15) is 0 Å². The lowest BCUT2D eigenvalue weighted by Crippen LogP contribution is -1.95. The highest BCUT2D eigenvalue weighted by molar-refractivity contribution is 5.65. The van der Waals surface area contributed by atoms with Crippen LogP contribution in [0.4, 0.5) is 17.1 Å². The summed E-state index contributed by atoms with van der Waals surface area (Å²) in [6.45, 7) is 6.41. The minimum atomic E-state index is 0.537. The molecule has 2 heteroatoms. The Kier molecular flexibility index (Phi) is 3.56. The largest absolute Gasteiger partial charge is 0.398 e. The van der Waals surface area contributed by atoms with E-state index in [1.165, 1.54) is 5.56 Å². The van der Waals surface area contributed by atoms with E-state index in [9.17, 15) is 0 Å². The maximum absolute atomic E-state index is 5.91. The van der Waals surface area contributed by atoms with Crippen LogP contribution in [0.3, 0.4) is 0 Å². The van der Waals surface area contributed by atoms with Crippen LogP contribution in [0.15, 0.2) is 42.5 Å². The molecule has 0 fully saturated rings. The molecular weight excluding hydrogens is 220 g/mol. The van der Waals surface area contributed by atoms with Gasteiger partial charge in [-0.2, -0.15) is 0 Å². The number of nitrogens with one attached hydrogen (secondary N) is 1.